The minimum Gasteiger partial charge on any atom is -0.344 e. The van der Waals surface area contributed by atoms with Gasteiger partial charge in [0.1, 0.15) is 6.04 Å². The Hall–Kier alpha value is -1.24. The Labute approximate surface area is 179 Å². The molecule has 0 aromatic heterocycles. The van der Waals surface area contributed by atoms with Crippen LogP contribution in [0.2, 0.25) is 0 Å². The van der Waals surface area contributed by atoms with Crippen molar-refractivity contribution in [2.75, 3.05) is 38.2 Å². The van der Waals surface area contributed by atoms with Crippen LogP contribution in [0.3, 0.4) is 0 Å². The van der Waals surface area contributed by atoms with Crippen LogP contribution in [0.1, 0.15) is 31.7 Å². The third-order valence-electron chi connectivity index (χ3n) is 5.06. The molecule has 1 aromatic rings. The minimum absolute atomic E-state index is 0. The second kappa shape index (κ2) is 13.9. The molecule has 0 spiro atoms. The van der Waals surface area contributed by atoms with E-state index in [-0.39, 0.29) is 24.2 Å². The van der Waals surface area contributed by atoms with Crippen molar-refractivity contribution in [3.05, 3.63) is 35.9 Å². The SMILES string of the molecule is CCNCC1CCN(C(=O)C(CCSC)NC(=O)Cc2ccccc2)CC1.Cl. The van der Waals surface area contributed by atoms with Gasteiger partial charge in [0, 0.05) is 13.1 Å². The molecule has 0 bridgehead atoms. The molecule has 0 saturated carbocycles. The molecule has 0 radical (unpaired) electrons. The van der Waals surface area contributed by atoms with Gasteiger partial charge in [0.2, 0.25) is 11.8 Å². The molecule has 1 aliphatic heterocycles. The van der Waals surface area contributed by atoms with Crippen LogP contribution in [-0.2, 0) is 16.0 Å². The molecule has 1 aromatic carbocycles. The van der Waals surface area contributed by atoms with Crippen LogP contribution in [0.5, 0.6) is 0 Å². The highest BCUT2D eigenvalue weighted by Crippen LogP contribution is 2.18. The third kappa shape index (κ3) is 8.41. The lowest BCUT2D eigenvalue weighted by Gasteiger charge is -2.34. The largest absolute Gasteiger partial charge is 0.344 e. The van der Waals surface area contributed by atoms with Gasteiger partial charge in [-0.25, -0.2) is 0 Å². The molecule has 158 valence electrons. The van der Waals surface area contributed by atoms with E-state index >= 15 is 0 Å². The van der Waals surface area contributed by atoms with E-state index < -0.39 is 6.04 Å². The first-order valence-electron chi connectivity index (χ1n) is 9.95. The normalized spacial score (nSPS) is 15.6. The fourth-order valence-corrected chi connectivity index (χ4v) is 3.92. The summed E-state index contributed by atoms with van der Waals surface area (Å²) in [5.74, 6) is 1.50. The van der Waals surface area contributed by atoms with Crippen LogP contribution < -0.4 is 10.6 Å². The Morgan fingerprint density at radius 3 is 2.50 bits per heavy atom. The van der Waals surface area contributed by atoms with E-state index in [4.69, 9.17) is 0 Å². The van der Waals surface area contributed by atoms with Crippen LogP contribution >= 0.6 is 24.2 Å². The van der Waals surface area contributed by atoms with Gasteiger partial charge in [0.05, 0.1) is 6.42 Å². The zero-order chi connectivity index (χ0) is 19.5. The summed E-state index contributed by atoms with van der Waals surface area (Å²) in [5, 5.41) is 6.39. The van der Waals surface area contributed by atoms with Gasteiger partial charge in [-0.15, -0.1) is 12.4 Å². The van der Waals surface area contributed by atoms with E-state index in [1.807, 2.05) is 41.5 Å². The molecule has 1 unspecified atom stereocenters. The predicted molar refractivity (Wildman–Crippen MR) is 120 cm³/mol. The molecule has 1 fully saturated rings. The standard InChI is InChI=1S/C21H33N3O2S.ClH/c1-3-22-16-18-9-12-24(13-10-18)21(26)19(11-14-27-2)23-20(25)15-17-7-5-4-6-8-17;/h4-8,18-19,22H,3,9-16H2,1-2H3,(H,23,25);1H. The third-order valence-corrected chi connectivity index (χ3v) is 5.70. The fourth-order valence-electron chi connectivity index (χ4n) is 3.45. The van der Waals surface area contributed by atoms with Crippen molar-refractivity contribution in [1.29, 1.82) is 0 Å². The number of carbonyl (C=O) groups is 2. The average molecular weight is 428 g/mol. The van der Waals surface area contributed by atoms with Gasteiger partial charge < -0.3 is 15.5 Å². The van der Waals surface area contributed by atoms with Gasteiger partial charge >= 0.3 is 0 Å². The molecule has 0 aliphatic carbocycles. The second-order valence-electron chi connectivity index (χ2n) is 7.14. The number of hydrogen-bond donors (Lipinski definition) is 2. The molecule has 1 saturated heterocycles. The summed E-state index contributed by atoms with van der Waals surface area (Å²) in [4.78, 5) is 27.4. The average Bonchev–Trinajstić information content (AvgIpc) is 2.70. The monoisotopic (exact) mass is 427 g/mol. The molecule has 5 nitrogen and oxygen atoms in total. The lowest BCUT2D eigenvalue weighted by Crippen LogP contribution is -2.51. The quantitative estimate of drug-likeness (QED) is 0.602. The van der Waals surface area contributed by atoms with Crippen molar-refractivity contribution in [2.24, 2.45) is 5.92 Å². The van der Waals surface area contributed by atoms with Crippen molar-refractivity contribution in [3.63, 3.8) is 0 Å². The number of hydrogen-bond acceptors (Lipinski definition) is 4. The summed E-state index contributed by atoms with van der Waals surface area (Å²) in [6.45, 7) is 5.72. The second-order valence-corrected chi connectivity index (χ2v) is 8.13. The highest BCUT2D eigenvalue weighted by atomic mass is 35.5. The van der Waals surface area contributed by atoms with Crippen LogP contribution in [0.4, 0.5) is 0 Å². The number of halogens is 1. The number of nitrogens with zero attached hydrogens (tertiary/aromatic N) is 1. The summed E-state index contributed by atoms with van der Waals surface area (Å²) in [6, 6.07) is 9.25. The van der Waals surface area contributed by atoms with Crippen LogP contribution in [0.15, 0.2) is 30.3 Å². The zero-order valence-corrected chi connectivity index (χ0v) is 18.6. The first-order chi connectivity index (χ1) is 13.1. The number of likely N-dealkylation sites (tertiary alicyclic amines) is 1. The van der Waals surface area contributed by atoms with E-state index in [1.54, 1.807) is 11.8 Å². The first kappa shape index (κ1) is 24.8. The Kier molecular flexibility index (Phi) is 12.3. The van der Waals surface area contributed by atoms with Crippen LogP contribution in [-0.4, -0.2) is 60.9 Å². The Balaban J connectivity index is 0.00000392. The molecule has 2 rings (SSSR count). The van der Waals surface area contributed by atoms with E-state index in [0.29, 0.717) is 18.8 Å². The molecule has 7 heteroatoms. The van der Waals surface area contributed by atoms with Crippen molar-refractivity contribution >= 4 is 36.0 Å². The maximum absolute atomic E-state index is 13.0. The number of amides is 2. The highest BCUT2D eigenvalue weighted by Gasteiger charge is 2.28. The van der Waals surface area contributed by atoms with Crippen molar-refractivity contribution in [1.82, 2.24) is 15.5 Å². The topological polar surface area (TPSA) is 61.4 Å². The summed E-state index contributed by atoms with van der Waals surface area (Å²) in [7, 11) is 0. The first-order valence-corrected chi connectivity index (χ1v) is 11.3. The summed E-state index contributed by atoms with van der Waals surface area (Å²) >= 11 is 1.70. The van der Waals surface area contributed by atoms with Crippen LogP contribution in [0.25, 0.3) is 0 Å². The molecule has 2 amide bonds. The van der Waals surface area contributed by atoms with Crippen molar-refractivity contribution in [3.8, 4) is 0 Å². The molecule has 1 heterocycles. The van der Waals surface area contributed by atoms with Gasteiger partial charge in [0.25, 0.3) is 0 Å². The molecule has 1 aliphatic rings. The molecular weight excluding hydrogens is 394 g/mol. The zero-order valence-electron chi connectivity index (χ0n) is 17.0. The summed E-state index contributed by atoms with van der Waals surface area (Å²) in [6.07, 6.45) is 5.09. The van der Waals surface area contributed by atoms with Crippen LogP contribution in [0, 0.1) is 5.92 Å². The van der Waals surface area contributed by atoms with Gasteiger partial charge in [-0.05, 0) is 55.8 Å². The van der Waals surface area contributed by atoms with E-state index in [9.17, 15) is 9.59 Å². The van der Waals surface area contributed by atoms with Gasteiger partial charge in [-0.3, -0.25) is 9.59 Å². The van der Waals surface area contributed by atoms with Gasteiger partial charge in [-0.2, -0.15) is 11.8 Å². The number of piperidine rings is 1. The molecular formula is C21H34ClN3O2S. The summed E-state index contributed by atoms with van der Waals surface area (Å²) in [5.41, 5.74) is 0.968. The minimum atomic E-state index is -0.418. The maximum atomic E-state index is 13.0. The van der Waals surface area contributed by atoms with Gasteiger partial charge in [0.15, 0.2) is 0 Å². The fraction of sp³-hybridized carbons (Fsp3) is 0.619. The molecule has 1 atom stereocenters. The number of nitrogens with one attached hydrogen (secondary N) is 2. The molecule has 28 heavy (non-hydrogen) atoms. The van der Waals surface area contributed by atoms with E-state index in [0.717, 1.165) is 50.3 Å². The Morgan fingerprint density at radius 2 is 1.89 bits per heavy atom. The van der Waals surface area contributed by atoms with Gasteiger partial charge in [-0.1, -0.05) is 37.3 Å². The Morgan fingerprint density at radius 1 is 1.21 bits per heavy atom. The highest BCUT2D eigenvalue weighted by molar-refractivity contribution is 7.98. The number of rotatable bonds is 10. The van der Waals surface area contributed by atoms with Crippen molar-refractivity contribution in [2.45, 2.75) is 38.6 Å². The lowest BCUT2D eigenvalue weighted by molar-refractivity contribution is -0.137. The summed E-state index contributed by atoms with van der Waals surface area (Å²) < 4.78 is 0. The molecule has 2 N–H and O–H groups in total. The van der Waals surface area contributed by atoms with E-state index in [1.165, 1.54) is 0 Å². The number of carbonyl (C=O) groups excluding carboxylic acids is 2. The number of thioether (sulfide) groups is 1. The Bertz CT molecular complexity index is 580. The smallest absolute Gasteiger partial charge is 0.245 e. The maximum Gasteiger partial charge on any atom is 0.245 e. The number of benzene rings is 1. The van der Waals surface area contributed by atoms with Crippen molar-refractivity contribution < 1.29 is 9.59 Å². The lowest BCUT2D eigenvalue weighted by atomic mass is 9.96. The predicted octanol–water partition coefficient (Wildman–Crippen LogP) is 2.74. The van der Waals surface area contributed by atoms with E-state index in [2.05, 4.69) is 17.6 Å².